The molecule has 0 aliphatic heterocycles. The molecule has 0 aliphatic carbocycles. The van der Waals surface area contributed by atoms with Crippen molar-refractivity contribution in [1.29, 1.82) is 0 Å². The average Bonchev–Trinajstić information content (AvgIpc) is 2.54. The molecule has 0 aromatic heterocycles. The smallest absolute Gasteiger partial charge is 0.342 e. The molecular weight excluding hydrogens is 272 g/mol. The molecule has 0 heterocycles. The topological polar surface area (TPSA) is 79.8 Å². The first-order valence-electron chi connectivity index (χ1n) is 6.28. The van der Waals surface area contributed by atoms with Gasteiger partial charge in [-0.3, -0.25) is 5.21 Å². The third-order valence-corrected chi connectivity index (χ3v) is 2.76. The predicted molar refractivity (Wildman–Crippen MR) is 77.7 cm³/mol. The molecule has 0 unspecified atom stereocenters. The summed E-state index contributed by atoms with van der Waals surface area (Å²) in [6, 6.07) is 13.8. The van der Waals surface area contributed by atoms with Crippen LogP contribution in [0.1, 0.15) is 5.56 Å². The van der Waals surface area contributed by atoms with Gasteiger partial charge < -0.3 is 14.8 Å². The van der Waals surface area contributed by atoms with Crippen LogP contribution in [0.4, 0.5) is 10.5 Å². The van der Waals surface area contributed by atoms with Crippen LogP contribution >= 0.6 is 0 Å². The zero-order chi connectivity index (χ0) is 15.1. The fourth-order valence-electron chi connectivity index (χ4n) is 1.70. The lowest BCUT2D eigenvalue weighted by Crippen LogP contribution is -2.24. The molecule has 2 aromatic rings. The van der Waals surface area contributed by atoms with Crippen LogP contribution in [0.15, 0.2) is 48.5 Å². The number of hydroxylamine groups is 1. The van der Waals surface area contributed by atoms with Crippen molar-refractivity contribution in [3.63, 3.8) is 0 Å². The molecule has 0 radical (unpaired) electrons. The molecule has 0 bridgehead atoms. The molecule has 110 valence electrons. The van der Waals surface area contributed by atoms with Crippen molar-refractivity contribution < 1.29 is 19.5 Å². The molecule has 21 heavy (non-hydrogen) atoms. The fourth-order valence-corrected chi connectivity index (χ4v) is 1.70. The number of rotatable bonds is 5. The van der Waals surface area contributed by atoms with Gasteiger partial charge in [0.15, 0.2) is 0 Å². The highest BCUT2D eigenvalue weighted by Crippen LogP contribution is 2.20. The molecule has 0 spiro atoms. The molecule has 0 saturated carbocycles. The Labute approximate surface area is 122 Å². The van der Waals surface area contributed by atoms with E-state index in [2.05, 4.69) is 5.32 Å². The summed E-state index contributed by atoms with van der Waals surface area (Å²) in [5.74, 6) is 1.46. The highest BCUT2D eigenvalue weighted by molar-refractivity contribution is 5.88. The molecule has 0 saturated heterocycles. The van der Waals surface area contributed by atoms with Crippen LogP contribution in [0, 0.1) is 0 Å². The summed E-state index contributed by atoms with van der Waals surface area (Å²) in [4.78, 5) is 10.9. The van der Waals surface area contributed by atoms with Crippen LogP contribution in [0.2, 0.25) is 0 Å². The Kier molecular flexibility index (Phi) is 5.00. The van der Waals surface area contributed by atoms with Crippen LogP contribution in [0.25, 0.3) is 0 Å². The number of carbonyl (C=O) groups is 1. The molecular formula is C15H16N2O4. The summed E-state index contributed by atoms with van der Waals surface area (Å²) < 4.78 is 10.8. The van der Waals surface area contributed by atoms with Crippen molar-refractivity contribution >= 4 is 11.7 Å². The summed E-state index contributed by atoms with van der Waals surface area (Å²) in [5, 5.41) is 10.9. The lowest BCUT2D eigenvalue weighted by Gasteiger charge is -2.09. The number of hydrogen-bond donors (Lipinski definition) is 3. The molecule has 2 amide bonds. The molecule has 3 N–H and O–H groups in total. The lowest BCUT2D eigenvalue weighted by atomic mass is 10.2. The van der Waals surface area contributed by atoms with Crippen LogP contribution in [0.3, 0.4) is 0 Å². The van der Waals surface area contributed by atoms with Crippen LogP contribution in [-0.4, -0.2) is 18.3 Å². The van der Waals surface area contributed by atoms with Gasteiger partial charge in [0.1, 0.15) is 18.1 Å². The normalized spacial score (nSPS) is 9.81. The number of carbonyl (C=O) groups excluding carboxylic acids is 1. The first-order chi connectivity index (χ1) is 10.2. The fraction of sp³-hybridized carbons (Fsp3) is 0.133. The maximum atomic E-state index is 10.9. The Morgan fingerprint density at radius 3 is 2.52 bits per heavy atom. The largest absolute Gasteiger partial charge is 0.497 e. The highest BCUT2D eigenvalue weighted by atomic mass is 16.5. The monoisotopic (exact) mass is 288 g/mol. The van der Waals surface area contributed by atoms with E-state index in [0.717, 1.165) is 17.1 Å². The highest BCUT2D eigenvalue weighted by Gasteiger charge is 2.01. The summed E-state index contributed by atoms with van der Waals surface area (Å²) in [6.07, 6.45) is 0. The van der Waals surface area contributed by atoms with Gasteiger partial charge in [-0.25, -0.2) is 10.3 Å². The summed E-state index contributed by atoms with van der Waals surface area (Å²) in [6.45, 7) is 0.402. The number of hydrogen-bond acceptors (Lipinski definition) is 4. The minimum absolute atomic E-state index is 0.402. The number of anilines is 1. The number of amides is 2. The van der Waals surface area contributed by atoms with Crippen LogP contribution in [-0.2, 0) is 6.61 Å². The number of urea groups is 1. The number of benzene rings is 2. The van der Waals surface area contributed by atoms with Gasteiger partial charge in [-0.1, -0.05) is 18.2 Å². The van der Waals surface area contributed by atoms with E-state index in [1.165, 1.54) is 5.48 Å². The van der Waals surface area contributed by atoms with Crippen molar-refractivity contribution in [2.75, 3.05) is 12.4 Å². The molecule has 0 atom stereocenters. The maximum Gasteiger partial charge on any atom is 0.342 e. The van der Waals surface area contributed by atoms with Gasteiger partial charge >= 0.3 is 6.03 Å². The van der Waals surface area contributed by atoms with E-state index < -0.39 is 6.03 Å². The first kappa shape index (κ1) is 14.7. The standard InChI is InChI=1S/C15H16N2O4/c1-20-13-3-2-4-14(9-13)21-10-11-5-7-12(8-6-11)16-15(18)17-19/h2-9,19H,10H2,1H3,(H2,16,17,18). The zero-order valence-electron chi connectivity index (χ0n) is 11.5. The number of methoxy groups -OCH3 is 1. The minimum Gasteiger partial charge on any atom is -0.497 e. The van der Waals surface area contributed by atoms with E-state index >= 15 is 0 Å². The third-order valence-electron chi connectivity index (χ3n) is 2.76. The molecule has 6 heteroatoms. The van der Waals surface area contributed by atoms with Crippen molar-refractivity contribution in [3.8, 4) is 11.5 Å². The molecule has 0 aliphatic rings. The van der Waals surface area contributed by atoms with E-state index in [1.54, 1.807) is 19.2 Å². The molecule has 0 fully saturated rings. The second-order valence-corrected chi connectivity index (χ2v) is 4.23. The van der Waals surface area contributed by atoms with Crippen LogP contribution in [0.5, 0.6) is 11.5 Å². The molecule has 2 rings (SSSR count). The van der Waals surface area contributed by atoms with E-state index in [9.17, 15) is 4.79 Å². The summed E-state index contributed by atoms with van der Waals surface area (Å²) in [5.41, 5.74) is 3.03. The van der Waals surface area contributed by atoms with Crippen molar-refractivity contribution in [1.82, 2.24) is 5.48 Å². The van der Waals surface area contributed by atoms with Crippen molar-refractivity contribution in [2.24, 2.45) is 0 Å². The Morgan fingerprint density at radius 2 is 1.86 bits per heavy atom. The summed E-state index contributed by atoms with van der Waals surface area (Å²) >= 11 is 0. The third kappa shape index (κ3) is 4.39. The first-order valence-corrected chi connectivity index (χ1v) is 6.28. The van der Waals surface area contributed by atoms with Gasteiger partial charge in [0.2, 0.25) is 0 Å². The van der Waals surface area contributed by atoms with E-state index in [4.69, 9.17) is 14.7 Å². The lowest BCUT2D eigenvalue weighted by molar-refractivity contribution is 0.172. The Hall–Kier alpha value is -2.73. The zero-order valence-corrected chi connectivity index (χ0v) is 11.5. The Bertz CT molecular complexity index is 599. The molecule has 6 nitrogen and oxygen atoms in total. The van der Waals surface area contributed by atoms with Crippen molar-refractivity contribution in [2.45, 2.75) is 6.61 Å². The van der Waals surface area contributed by atoms with Crippen molar-refractivity contribution in [3.05, 3.63) is 54.1 Å². The average molecular weight is 288 g/mol. The SMILES string of the molecule is COc1cccc(OCc2ccc(NC(=O)NO)cc2)c1. The summed E-state index contributed by atoms with van der Waals surface area (Å²) in [7, 11) is 1.60. The number of nitrogens with one attached hydrogen (secondary N) is 2. The van der Waals surface area contributed by atoms with Gasteiger partial charge in [0.05, 0.1) is 7.11 Å². The quantitative estimate of drug-likeness (QED) is 0.584. The van der Waals surface area contributed by atoms with Gasteiger partial charge in [-0.15, -0.1) is 0 Å². The second kappa shape index (κ2) is 7.16. The second-order valence-electron chi connectivity index (χ2n) is 4.23. The molecule has 2 aromatic carbocycles. The van der Waals surface area contributed by atoms with Gasteiger partial charge in [-0.2, -0.15) is 0 Å². The van der Waals surface area contributed by atoms with E-state index in [0.29, 0.717) is 12.3 Å². The van der Waals surface area contributed by atoms with Gasteiger partial charge in [-0.05, 0) is 29.8 Å². The predicted octanol–water partition coefficient (Wildman–Crippen LogP) is 2.78. The van der Waals surface area contributed by atoms with Gasteiger partial charge in [0.25, 0.3) is 0 Å². The Balaban J connectivity index is 1.92. The van der Waals surface area contributed by atoms with Crippen LogP contribution < -0.4 is 20.3 Å². The maximum absolute atomic E-state index is 10.9. The number of ether oxygens (including phenoxy) is 2. The van der Waals surface area contributed by atoms with E-state index in [-0.39, 0.29) is 0 Å². The van der Waals surface area contributed by atoms with E-state index in [1.807, 2.05) is 36.4 Å². The minimum atomic E-state index is -0.685. The Morgan fingerprint density at radius 1 is 1.14 bits per heavy atom. The van der Waals surface area contributed by atoms with Gasteiger partial charge in [0, 0.05) is 11.8 Å².